The fourth-order valence-corrected chi connectivity index (χ4v) is 2.49. The van der Waals surface area contributed by atoms with Crippen molar-refractivity contribution in [3.8, 4) is 17.1 Å². The topological polar surface area (TPSA) is 65.7 Å². The van der Waals surface area contributed by atoms with Crippen molar-refractivity contribution in [3.63, 3.8) is 0 Å². The Morgan fingerprint density at radius 2 is 1.80 bits per heavy atom. The smallest absolute Gasteiger partial charge is 0.346 e. The van der Waals surface area contributed by atoms with Crippen molar-refractivity contribution < 1.29 is 18.7 Å². The maximum atomic E-state index is 12.5. The van der Waals surface area contributed by atoms with E-state index in [4.69, 9.17) is 9.15 Å². The average Bonchev–Trinajstić information content (AvgIpc) is 2.62. The summed E-state index contributed by atoms with van der Waals surface area (Å²) < 4.78 is 16.0. The molecule has 25 heavy (non-hydrogen) atoms. The normalized spacial score (nSPS) is 12.0. The molecule has 0 unspecified atom stereocenters. The standard InChI is InChI=1S/C20H18O5/c1-12-4-6-14(7-5-12)19-11-17(21)16-10-15(8-9-18(16)25-19)24-13(2)20(22)23-3/h4-11,13H,1-3H3/t13-/m0/s1. The first-order valence-corrected chi connectivity index (χ1v) is 7.87. The van der Waals surface area contributed by atoms with E-state index >= 15 is 0 Å². The number of methoxy groups -OCH3 is 1. The predicted octanol–water partition coefficient (Wildman–Crippen LogP) is 3.71. The first-order chi connectivity index (χ1) is 12.0. The lowest BCUT2D eigenvalue weighted by atomic mass is 10.1. The Labute approximate surface area is 144 Å². The summed E-state index contributed by atoms with van der Waals surface area (Å²) >= 11 is 0. The molecule has 0 aliphatic heterocycles. The van der Waals surface area contributed by atoms with Crippen molar-refractivity contribution >= 4 is 16.9 Å². The van der Waals surface area contributed by atoms with Gasteiger partial charge in [0.05, 0.1) is 12.5 Å². The van der Waals surface area contributed by atoms with Crippen molar-refractivity contribution in [2.45, 2.75) is 20.0 Å². The SMILES string of the molecule is COC(=O)[C@H](C)Oc1ccc2oc(-c3ccc(C)cc3)cc(=O)c2c1. The fourth-order valence-electron chi connectivity index (χ4n) is 2.49. The van der Waals surface area contributed by atoms with Crippen LogP contribution in [0.25, 0.3) is 22.3 Å². The molecule has 0 fully saturated rings. The van der Waals surface area contributed by atoms with E-state index in [9.17, 15) is 9.59 Å². The van der Waals surface area contributed by atoms with Crippen LogP contribution >= 0.6 is 0 Å². The highest BCUT2D eigenvalue weighted by molar-refractivity contribution is 5.80. The molecule has 1 atom stereocenters. The Morgan fingerprint density at radius 1 is 1.08 bits per heavy atom. The summed E-state index contributed by atoms with van der Waals surface area (Å²) in [6.07, 6.45) is -0.763. The Kier molecular flexibility index (Phi) is 4.57. The lowest BCUT2D eigenvalue weighted by molar-refractivity contribution is -0.147. The van der Waals surface area contributed by atoms with Crippen LogP contribution in [0.5, 0.6) is 5.75 Å². The molecule has 0 saturated heterocycles. The molecule has 128 valence electrons. The highest BCUT2D eigenvalue weighted by Crippen LogP contribution is 2.25. The molecule has 1 heterocycles. The molecular formula is C20H18O5. The number of carbonyl (C=O) groups is 1. The molecule has 1 aromatic heterocycles. The second kappa shape index (κ2) is 6.81. The van der Waals surface area contributed by atoms with E-state index in [1.54, 1.807) is 25.1 Å². The highest BCUT2D eigenvalue weighted by atomic mass is 16.6. The summed E-state index contributed by atoms with van der Waals surface area (Å²) in [6, 6.07) is 14.1. The van der Waals surface area contributed by atoms with Crippen molar-refractivity contribution in [1.29, 1.82) is 0 Å². The van der Waals surface area contributed by atoms with E-state index in [0.717, 1.165) is 11.1 Å². The van der Waals surface area contributed by atoms with Crippen molar-refractivity contribution in [2.24, 2.45) is 0 Å². The minimum absolute atomic E-state index is 0.173. The van der Waals surface area contributed by atoms with Gasteiger partial charge in [-0.05, 0) is 32.0 Å². The lowest BCUT2D eigenvalue weighted by Gasteiger charge is -2.12. The number of fused-ring (bicyclic) bond motifs is 1. The molecular weight excluding hydrogens is 320 g/mol. The van der Waals surface area contributed by atoms with Crippen LogP contribution < -0.4 is 10.2 Å². The van der Waals surface area contributed by atoms with Gasteiger partial charge in [-0.25, -0.2) is 4.79 Å². The molecule has 0 aliphatic rings. The van der Waals surface area contributed by atoms with E-state index in [0.29, 0.717) is 22.5 Å². The van der Waals surface area contributed by atoms with E-state index in [1.165, 1.54) is 13.2 Å². The van der Waals surface area contributed by atoms with Crippen molar-refractivity contribution in [1.82, 2.24) is 0 Å². The van der Waals surface area contributed by atoms with Crippen LogP contribution in [0.3, 0.4) is 0 Å². The van der Waals surface area contributed by atoms with Crippen LogP contribution in [0, 0.1) is 6.92 Å². The monoisotopic (exact) mass is 338 g/mol. The summed E-state index contributed by atoms with van der Waals surface area (Å²) in [5, 5.41) is 0.394. The fraction of sp³-hybridized carbons (Fsp3) is 0.200. The quantitative estimate of drug-likeness (QED) is 0.679. The van der Waals surface area contributed by atoms with Gasteiger partial charge < -0.3 is 13.9 Å². The van der Waals surface area contributed by atoms with Crippen LogP contribution in [-0.2, 0) is 9.53 Å². The van der Waals surface area contributed by atoms with Gasteiger partial charge in [-0.15, -0.1) is 0 Å². The lowest BCUT2D eigenvalue weighted by Crippen LogP contribution is -2.24. The van der Waals surface area contributed by atoms with Crippen molar-refractivity contribution in [2.75, 3.05) is 7.11 Å². The summed E-state index contributed by atoms with van der Waals surface area (Å²) in [7, 11) is 1.30. The molecule has 2 aromatic carbocycles. The van der Waals surface area contributed by atoms with Crippen LogP contribution in [0.1, 0.15) is 12.5 Å². The Bertz CT molecular complexity index is 970. The van der Waals surface area contributed by atoms with Gasteiger partial charge >= 0.3 is 5.97 Å². The van der Waals surface area contributed by atoms with Gasteiger partial charge in [0, 0.05) is 11.6 Å². The number of hydrogen-bond donors (Lipinski definition) is 0. The number of aryl methyl sites for hydroxylation is 1. The van der Waals surface area contributed by atoms with Crippen LogP contribution in [-0.4, -0.2) is 19.2 Å². The Balaban J connectivity index is 1.98. The van der Waals surface area contributed by atoms with Gasteiger partial charge in [-0.3, -0.25) is 4.79 Å². The van der Waals surface area contributed by atoms with Gasteiger partial charge in [0.2, 0.25) is 0 Å². The molecule has 5 heteroatoms. The minimum Gasteiger partial charge on any atom is -0.479 e. The first kappa shape index (κ1) is 16.8. The minimum atomic E-state index is -0.763. The first-order valence-electron chi connectivity index (χ1n) is 7.87. The van der Waals surface area contributed by atoms with Gasteiger partial charge in [0.15, 0.2) is 11.5 Å². The third kappa shape index (κ3) is 3.55. The molecule has 0 N–H and O–H groups in total. The van der Waals surface area contributed by atoms with Crippen LogP contribution in [0.15, 0.2) is 57.7 Å². The third-order valence-corrected chi connectivity index (χ3v) is 3.88. The number of esters is 1. The van der Waals surface area contributed by atoms with Crippen LogP contribution in [0.2, 0.25) is 0 Å². The Hall–Kier alpha value is -3.08. The summed E-state index contributed by atoms with van der Waals surface area (Å²) in [6.45, 7) is 3.58. The molecule has 0 saturated carbocycles. The highest BCUT2D eigenvalue weighted by Gasteiger charge is 2.15. The molecule has 0 aliphatic carbocycles. The number of hydrogen-bond acceptors (Lipinski definition) is 5. The number of ether oxygens (including phenoxy) is 2. The number of carbonyl (C=O) groups excluding carboxylic acids is 1. The Morgan fingerprint density at radius 3 is 2.48 bits per heavy atom. The molecule has 0 amide bonds. The molecule has 0 spiro atoms. The van der Waals surface area contributed by atoms with Gasteiger partial charge in [0.1, 0.15) is 17.1 Å². The second-order valence-corrected chi connectivity index (χ2v) is 5.78. The molecule has 3 rings (SSSR count). The second-order valence-electron chi connectivity index (χ2n) is 5.78. The van der Waals surface area contributed by atoms with E-state index in [-0.39, 0.29) is 5.43 Å². The van der Waals surface area contributed by atoms with Gasteiger partial charge in [-0.2, -0.15) is 0 Å². The third-order valence-electron chi connectivity index (χ3n) is 3.88. The summed E-state index contributed by atoms with van der Waals surface area (Å²) in [4.78, 5) is 23.9. The zero-order valence-electron chi connectivity index (χ0n) is 14.2. The zero-order valence-corrected chi connectivity index (χ0v) is 14.2. The van der Waals surface area contributed by atoms with E-state index in [1.807, 2.05) is 31.2 Å². The number of benzene rings is 2. The van der Waals surface area contributed by atoms with Gasteiger partial charge in [0.25, 0.3) is 0 Å². The van der Waals surface area contributed by atoms with E-state index < -0.39 is 12.1 Å². The van der Waals surface area contributed by atoms with Crippen molar-refractivity contribution in [3.05, 3.63) is 64.3 Å². The van der Waals surface area contributed by atoms with Gasteiger partial charge in [-0.1, -0.05) is 29.8 Å². The van der Waals surface area contributed by atoms with E-state index in [2.05, 4.69) is 4.74 Å². The maximum absolute atomic E-state index is 12.5. The summed E-state index contributed by atoms with van der Waals surface area (Å²) in [5.74, 6) is 0.428. The maximum Gasteiger partial charge on any atom is 0.346 e. The molecule has 0 radical (unpaired) electrons. The zero-order chi connectivity index (χ0) is 18.0. The predicted molar refractivity (Wildman–Crippen MR) is 94.8 cm³/mol. The largest absolute Gasteiger partial charge is 0.479 e. The van der Waals surface area contributed by atoms with Crippen LogP contribution in [0.4, 0.5) is 0 Å². The number of rotatable bonds is 4. The molecule has 5 nitrogen and oxygen atoms in total. The molecule has 0 bridgehead atoms. The molecule has 3 aromatic rings. The average molecular weight is 338 g/mol. The summed E-state index contributed by atoms with van der Waals surface area (Å²) in [5.41, 5.74) is 2.26.